The second kappa shape index (κ2) is 7.36. The predicted octanol–water partition coefficient (Wildman–Crippen LogP) is 5.16. The number of ether oxygens (including phenoxy) is 2. The molecule has 0 amide bonds. The van der Waals surface area contributed by atoms with Crippen LogP contribution in [-0.2, 0) is 14.4 Å². The molecule has 6 heteroatoms. The molecule has 126 valence electrons. The number of halogens is 2. The highest BCUT2D eigenvalue weighted by Crippen LogP contribution is 2.47. The van der Waals surface area contributed by atoms with E-state index < -0.39 is 4.93 Å². The maximum absolute atomic E-state index is 12.0. The minimum atomic E-state index is -0.578. The third kappa shape index (κ3) is 3.89. The average molecular weight is 383 g/mol. The van der Waals surface area contributed by atoms with E-state index >= 15 is 0 Å². The van der Waals surface area contributed by atoms with E-state index in [2.05, 4.69) is 0 Å². The summed E-state index contributed by atoms with van der Waals surface area (Å²) in [6.07, 6.45) is -0.181. The van der Waals surface area contributed by atoms with Gasteiger partial charge in [0.2, 0.25) is 0 Å². The number of thioether (sulfide) groups is 1. The molecule has 0 spiro atoms. The molecule has 1 fully saturated rings. The minimum absolute atomic E-state index is 0.181. The molecule has 3 nitrogen and oxygen atoms in total. The Balaban J connectivity index is 1.62. The van der Waals surface area contributed by atoms with Gasteiger partial charge in [-0.1, -0.05) is 47.5 Å². The highest BCUT2D eigenvalue weighted by molar-refractivity contribution is 8.00. The molecule has 2 aromatic rings. The molecule has 0 aromatic heterocycles. The first kappa shape index (κ1) is 17.6. The smallest absolute Gasteiger partial charge is 0.338 e. The number of hydrogen-bond donors (Lipinski definition) is 0. The first-order valence-corrected chi connectivity index (χ1v) is 9.21. The molecule has 0 unspecified atom stereocenters. The Labute approximate surface area is 155 Å². The maximum atomic E-state index is 12.0. The van der Waals surface area contributed by atoms with Crippen molar-refractivity contribution < 1.29 is 14.3 Å². The van der Waals surface area contributed by atoms with Gasteiger partial charge in [0.05, 0.1) is 5.56 Å². The lowest BCUT2D eigenvalue weighted by molar-refractivity contribution is -0.0348. The summed E-state index contributed by atoms with van der Waals surface area (Å²) in [4.78, 5) is 11.4. The standard InChI is InChI=1S/C18H16Cl2O3S/c1-18(15-8-7-13(19)9-16(15)20)23-14(11-24-18)10-22-17(21)12-5-3-2-4-6-12/h2-9,14H,10-11H2,1H3/t14-,18-/m1/s1. The van der Waals surface area contributed by atoms with Crippen LogP contribution in [0.2, 0.25) is 10.0 Å². The van der Waals surface area contributed by atoms with Crippen LogP contribution < -0.4 is 0 Å². The lowest BCUT2D eigenvalue weighted by atomic mass is 10.1. The van der Waals surface area contributed by atoms with Gasteiger partial charge in [-0.05, 0) is 31.2 Å². The van der Waals surface area contributed by atoms with E-state index in [1.807, 2.05) is 19.1 Å². The van der Waals surface area contributed by atoms with Crippen LogP contribution in [0.1, 0.15) is 22.8 Å². The lowest BCUT2D eigenvalue weighted by Crippen LogP contribution is -2.25. The molecular formula is C18H16Cl2O3S. The topological polar surface area (TPSA) is 35.5 Å². The van der Waals surface area contributed by atoms with Gasteiger partial charge in [-0.2, -0.15) is 0 Å². The van der Waals surface area contributed by atoms with Crippen molar-refractivity contribution in [3.05, 3.63) is 69.7 Å². The number of hydrogen-bond acceptors (Lipinski definition) is 4. The summed E-state index contributed by atoms with van der Waals surface area (Å²) in [6.45, 7) is 2.17. The van der Waals surface area contributed by atoms with Crippen LogP contribution in [0.3, 0.4) is 0 Å². The van der Waals surface area contributed by atoms with Gasteiger partial charge < -0.3 is 9.47 Å². The number of carbonyl (C=O) groups is 1. The largest absolute Gasteiger partial charge is 0.459 e. The number of carbonyl (C=O) groups excluding carboxylic acids is 1. The molecule has 1 saturated heterocycles. The Kier molecular flexibility index (Phi) is 5.40. The minimum Gasteiger partial charge on any atom is -0.459 e. The van der Waals surface area contributed by atoms with Gasteiger partial charge in [0.1, 0.15) is 17.6 Å². The third-order valence-electron chi connectivity index (χ3n) is 3.77. The SMILES string of the molecule is C[C@@]1(c2ccc(Cl)cc2Cl)O[C@H](COC(=O)c2ccccc2)CS1. The van der Waals surface area contributed by atoms with Crippen LogP contribution >= 0.6 is 35.0 Å². The zero-order chi connectivity index (χ0) is 17.2. The van der Waals surface area contributed by atoms with Gasteiger partial charge in [0.25, 0.3) is 0 Å². The zero-order valence-electron chi connectivity index (χ0n) is 13.0. The molecular weight excluding hydrogens is 367 g/mol. The molecule has 1 aliphatic heterocycles. The van der Waals surface area contributed by atoms with Gasteiger partial charge in [-0.15, -0.1) is 11.8 Å². The summed E-state index contributed by atoms with van der Waals surface area (Å²) in [6, 6.07) is 14.3. The molecule has 1 heterocycles. The molecule has 1 aliphatic rings. The summed E-state index contributed by atoms with van der Waals surface area (Å²) >= 11 is 13.9. The number of esters is 1. The van der Waals surface area contributed by atoms with E-state index in [9.17, 15) is 4.79 Å². The summed E-state index contributed by atoms with van der Waals surface area (Å²) in [5.41, 5.74) is 1.40. The number of rotatable bonds is 4. The first-order chi connectivity index (χ1) is 11.5. The summed E-state index contributed by atoms with van der Waals surface area (Å²) in [5.74, 6) is 0.375. The fraction of sp³-hybridized carbons (Fsp3) is 0.278. The van der Waals surface area contributed by atoms with Crippen LogP contribution in [0.5, 0.6) is 0 Å². The molecule has 0 aliphatic carbocycles. The van der Waals surface area contributed by atoms with Crippen LogP contribution in [-0.4, -0.2) is 24.4 Å². The number of benzene rings is 2. The fourth-order valence-electron chi connectivity index (χ4n) is 2.55. The van der Waals surface area contributed by atoms with Gasteiger partial charge in [0, 0.05) is 21.4 Å². The second-order valence-corrected chi connectivity index (χ2v) is 7.83. The molecule has 0 saturated carbocycles. The Morgan fingerprint density at radius 3 is 2.75 bits per heavy atom. The molecule has 0 radical (unpaired) electrons. The van der Waals surface area contributed by atoms with E-state index in [1.165, 1.54) is 0 Å². The normalized spacial score (nSPS) is 23.2. The van der Waals surface area contributed by atoms with E-state index in [0.717, 1.165) is 11.3 Å². The van der Waals surface area contributed by atoms with E-state index in [1.54, 1.807) is 48.2 Å². The van der Waals surface area contributed by atoms with Crippen molar-refractivity contribution in [3.8, 4) is 0 Å². The van der Waals surface area contributed by atoms with Crippen molar-refractivity contribution in [3.63, 3.8) is 0 Å². The molecule has 2 atom stereocenters. The fourth-order valence-corrected chi connectivity index (χ4v) is 4.40. The first-order valence-electron chi connectivity index (χ1n) is 7.47. The van der Waals surface area contributed by atoms with E-state index in [4.69, 9.17) is 32.7 Å². The molecule has 3 rings (SSSR count). The molecule has 2 aromatic carbocycles. The zero-order valence-corrected chi connectivity index (χ0v) is 15.3. The summed E-state index contributed by atoms with van der Waals surface area (Å²) in [7, 11) is 0. The summed E-state index contributed by atoms with van der Waals surface area (Å²) in [5, 5.41) is 1.16. The molecule has 0 bridgehead atoms. The average Bonchev–Trinajstić information content (AvgIpc) is 2.95. The Morgan fingerprint density at radius 1 is 1.29 bits per heavy atom. The quantitative estimate of drug-likeness (QED) is 0.684. The van der Waals surface area contributed by atoms with E-state index in [0.29, 0.717) is 15.6 Å². The van der Waals surface area contributed by atoms with Crippen molar-refractivity contribution in [2.45, 2.75) is 18.0 Å². The molecule has 24 heavy (non-hydrogen) atoms. The van der Waals surface area contributed by atoms with Crippen LogP contribution in [0.25, 0.3) is 0 Å². The van der Waals surface area contributed by atoms with Gasteiger partial charge in [-0.25, -0.2) is 4.79 Å². The van der Waals surface area contributed by atoms with Crippen molar-refractivity contribution in [1.29, 1.82) is 0 Å². The summed E-state index contributed by atoms with van der Waals surface area (Å²) < 4.78 is 11.5. The maximum Gasteiger partial charge on any atom is 0.338 e. The van der Waals surface area contributed by atoms with Crippen molar-refractivity contribution in [2.24, 2.45) is 0 Å². The highest BCUT2D eigenvalue weighted by Gasteiger charge is 2.40. The van der Waals surface area contributed by atoms with Crippen LogP contribution in [0.4, 0.5) is 0 Å². The monoisotopic (exact) mass is 382 g/mol. The predicted molar refractivity (Wildman–Crippen MR) is 97.9 cm³/mol. The van der Waals surface area contributed by atoms with E-state index in [-0.39, 0.29) is 18.7 Å². The Hall–Kier alpha value is -1.20. The van der Waals surface area contributed by atoms with Gasteiger partial charge in [0.15, 0.2) is 0 Å². The van der Waals surface area contributed by atoms with Crippen molar-refractivity contribution >= 4 is 40.9 Å². The molecule has 0 N–H and O–H groups in total. The lowest BCUT2D eigenvalue weighted by Gasteiger charge is -2.25. The van der Waals surface area contributed by atoms with Gasteiger partial charge >= 0.3 is 5.97 Å². The van der Waals surface area contributed by atoms with Crippen LogP contribution in [0, 0.1) is 0 Å². The van der Waals surface area contributed by atoms with Crippen LogP contribution in [0.15, 0.2) is 48.5 Å². The highest BCUT2D eigenvalue weighted by atomic mass is 35.5. The second-order valence-electron chi connectivity index (χ2n) is 5.59. The van der Waals surface area contributed by atoms with Crippen molar-refractivity contribution in [2.75, 3.05) is 12.4 Å². The Bertz CT molecular complexity index is 738. The Morgan fingerprint density at radius 2 is 2.04 bits per heavy atom. The van der Waals surface area contributed by atoms with Gasteiger partial charge in [-0.3, -0.25) is 0 Å². The van der Waals surface area contributed by atoms with Crippen molar-refractivity contribution in [1.82, 2.24) is 0 Å². The third-order valence-corrected chi connectivity index (χ3v) is 5.72.